The molecule has 1 aromatic carbocycles. The summed E-state index contributed by atoms with van der Waals surface area (Å²) in [6, 6.07) is 5.21. The lowest BCUT2D eigenvalue weighted by atomic mass is 10.1. The highest BCUT2D eigenvalue weighted by molar-refractivity contribution is 7.99. The monoisotopic (exact) mass is 240 g/mol. The van der Waals surface area contributed by atoms with Gasteiger partial charge in [0, 0.05) is 10.6 Å². The second-order valence-corrected chi connectivity index (χ2v) is 5.43. The van der Waals surface area contributed by atoms with Crippen molar-refractivity contribution in [1.82, 2.24) is 0 Å². The van der Waals surface area contributed by atoms with Crippen LogP contribution in [0.4, 0.5) is 0 Å². The van der Waals surface area contributed by atoms with E-state index in [1.165, 1.54) is 11.8 Å². The molecule has 0 fully saturated rings. The van der Waals surface area contributed by atoms with Crippen LogP contribution in [0.15, 0.2) is 23.1 Å². The summed E-state index contributed by atoms with van der Waals surface area (Å²) in [5, 5.41) is 18.4. The molecule has 4 heteroatoms. The van der Waals surface area contributed by atoms with E-state index in [1.54, 1.807) is 32.9 Å². The number of aliphatic hydroxyl groups is 1. The molecule has 0 amide bonds. The third-order valence-corrected chi connectivity index (χ3v) is 3.46. The van der Waals surface area contributed by atoms with Gasteiger partial charge in [-0.05, 0) is 44.5 Å². The van der Waals surface area contributed by atoms with Gasteiger partial charge in [-0.1, -0.05) is 0 Å². The van der Waals surface area contributed by atoms with Crippen LogP contribution in [0, 0.1) is 6.92 Å². The predicted molar refractivity (Wildman–Crippen MR) is 65.2 cm³/mol. The number of carbonyl (C=O) groups is 1. The van der Waals surface area contributed by atoms with Crippen molar-refractivity contribution in [1.29, 1.82) is 0 Å². The van der Waals surface area contributed by atoms with E-state index in [1.807, 2.05) is 6.07 Å². The summed E-state index contributed by atoms with van der Waals surface area (Å²) in [5.41, 5.74) is 0.352. The van der Waals surface area contributed by atoms with Gasteiger partial charge in [0.2, 0.25) is 0 Å². The van der Waals surface area contributed by atoms with Crippen LogP contribution in [-0.4, -0.2) is 27.5 Å². The molecule has 0 saturated carbocycles. The number of carboxylic acid groups (broad SMARTS) is 1. The average Bonchev–Trinajstić information content (AvgIpc) is 2.13. The zero-order chi connectivity index (χ0) is 12.3. The molecule has 0 aliphatic rings. The lowest BCUT2D eigenvalue weighted by molar-refractivity contribution is 0.0696. The third-order valence-electron chi connectivity index (χ3n) is 2.02. The van der Waals surface area contributed by atoms with Crippen molar-refractivity contribution in [2.45, 2.75) is 31.3 Å². The van der Waals surface area contributed by atoms with Gasteiger partial charge in [-0.2, -0.15) is 0 Å². The molecular weight excluding hydrogens is 224 g/mol. The first-order valence-electron chi connectivity index (χ1n) is 4.99. The van der Waals surface area contributed by atoms with Crippen molar-refractivity contribution in [3.05, 3.63) is 29.3 Å². The Bertz CT molecular complexity index is 394. The Morgan fingerprint density at radius 2 is 2.06 bits per heavy atom. The molecule has 0 bridgehead atoms. The zero-order valence-corrected chi connectivity index (χ0v) is 10.5. The lowest BCUT2D eigenvalue weighted by Gasteiger charge is -2.16. The normalized spacial score (nSPS) is 11.5. The third kappa shape index (κ3) is 3.87. The summed E-state index contributed by atoms with van der Waals surface area (Å²) < 4.78 is 0. The van der Waals surface area contributed by atoms with Gasteiger partial charge >= 0.3 is 5.97 Å². The Hall–Kier alpha value is -1.00. The molecule has 0 aliphatic carbocycles. The molecule has 0 atom stereocenters. The quantitative estimate of drug-likeness (QED) is 0.794. The van der Waals surface area contributed by atoms with E-state index < -0.39 is 11.6 Å². The number of hydrogen-bond donors (Lipinski definition) is 2. The van der Waals surface area contributed by atoms with Crippen molar-refractivity contribution in [3.63, 3.8) is 0 Å². The van der Waals surface area contributed by atoms with E-state index in [9.17, 15) is 9.90 Å². The van der Waals surface area contributed by atoms with E-state index in [2.05, 4.69) is 0 Å². The largest absolute Gasteiger partial charge is 0.478 e. The number of aryl methyl sites for hydroxylation is 1. The summed E-state index contributed by atoms with van der Waals surface area (Å²) in [5.74, 6) is -0.324. The van der Waals surface area contributed by atoms with Gasteiger partial charge in [0.25, 0.3) is 0 Å². The summed E-state index contributed by atoms with van der Waals surface area (Å²) in [7, 11) is 0. The van der Waals surface area contributed by atoms with E-state index in [0.717, 1.165) is 10.5 Å². The predicted octanol–water partition coefficient (Wildman–Crippen LogP) is 2.56. The maximum atomic E-state index is 10.8. The van der Waals surface area contributed by atoms with Gasteiger partial charge in [0.05, 0.1) is 11.2 Å². The topological polar surface area (TPSA) is 57.5 Å². The maximum Gasteiger partial charge on any atom is 0.335 e. The summed E-state index contributed by atoms with van der Waals surface area (Å²) in [6.45, 7) is 5.27. The highest BCUT2D eigenvalue weighted by atomic mass is 32.2. The molecule has 0 saturated heterocycles. The molecule has 0 radical (unpaired) electrons. The Labute approximate surface area is 99.5 Å². The highest BCUT2D eigenvalue weighted by Crippen LogP contribution is 2.24. The van der Waals surface area contributed by atoms with Gasteiger partial charge in [0.1, 0.15) is 0 Å². The van der Waals surface area contributed by atoms with Crippen LogP contribution in [0.5, 0.6) is 0 Å². The molecule has 2 N–H and O–H groups in total. The molecule has 0 spiro atoms. The minimum absolute atomic E-state index is 0.326. The van der Waals surface area contributed by atoms with Crippen LogP contribution in [-0.2, 0) is 0 Å². The number of hydrogen-bond acceptors (Lipinski definition) is 3. The number of benzene rings is 1. The van der Waals surface area contributed by atoms with Crippen LogP contribution < -0.4 is 0 Å². The Balaban J connectivity index is 2.78. The molecule has 16 heavy (non-hydrogen) atoms. The summed E-state index contributed by atoms with van der Waals surface area (Å²) in [4.78, 5) is 11.8. The van der Waals surface area contributed by atoms with Crippen molar-refractivity contribution in [3.8, 4) is 0 Å². The number of thioether (sulfide) groups is 1. The van der Waals surface area contributed by atoms with Crippen molar-refractivity contribution in [2.24, 2.45) is 0 Å². The minimum Gasteiger partial charge on any atom is -0.478 e. The van der Waals surface area contributed by atoms with Crippen molar-refractivity contribution < 1.29 is 15.0 Å². The fraction of sp³-hybridized carbons (Fsp3) is 0.417. The standard InChI is InChI=1S/C12H16O3S/c1-8-6-9(16-7-12(2,3)15)4-5-10(8)11(13)14/h4-6,15H,7H2,1-3H3,(H,13,14). The average molecular weight is 240 g/mol. The first-order valence-corrected chi connectivity index (χ1v) is 5.97. The molecule has 1 rings (SSSR count). The summed E-state index contributed by atoms with van der Waals surface area (Å²) in [6.07, 6.45) is 0. The van der Waals surface area contributed by atoms with Gasteiger partial charge in [-0.25, -0.2) is 4.79 Å². The van der Waals surface area contributed by atoms with E-state index in [4.69, 9.17) is 5.11 Å². The Kier molecular flexibility index (Phi) is 3.99. The molecule has 0 unspecified atom stereocenters. The van der Waals surface area contributed by atoms with E-state index in [-0.39, 0.29) is 0 Å². The zero-order valence-electron chi connectivity index (χ0n) is 9.65. The van der Waals surface area contributed by atoms with Crippen LogP contribution in [0.1, 0.15) is 29.8 Å². The number of aromatic carboxylic acids is 1. The fourth-order valence-corrected chi connectivity index (χ4v) is 2.17. The van der Waals surface area contributed by atoms with Gasteiger partial charge in [-0.15, -0.1) is 11.8 Å². The smallest absolute Gasteiger partial charge is 0.335 e. The van der Waals surface area contributed by atoms with E-state index in [0.29, 0.717) is 11.3 Å². The SMILES string of the molecule is Cc1cc(SCC(C)(C)O)ccc1C(=O)O. The molecule has 88 valence electrons. The lowest BCUT2D eigenvalue weighted by Crippen LogP contribution is -2.21. The Morgan fingerprint density at radius 1 is 1.44 bits per heavy atom. The second kappa shape index (κ2) is 4.89. The minimum atomic E-state index is -0.906. The number of carboxylic acids is 1. The van der Waals surface area contributed by atoms with Crippen LogP contribution in [0.3, 0.4) is 0 Å². The first kappa shape index (κ1) is 13.1. The molecule has 0 aliphatic heterocycles. The van der Waals surface area contributed by atoms with Crippen molar-refractivity contribution >= 4 is 17.7 Å². The fourth-order valence-electron chi connectivity index (χ4n) is 1.23. The van der Waals surface area contributed by atoms with Gasteiger partial charge < -0.3 is 10.2 Å². The van der Waals surface area contributed by atoms with Crippen LogP contribution in [0.25, 0.3) is 0 Å². The van der Waals surface area contributed by atoms with Crippen LogP contribution >= 0.6 is 11.8 Å². The summed E-state index contributed by atoms with van der Waals surface area (Å²) >= 11 is 1.52. The van der Waals surface area contributed by atoms with Crippen molar-refractivity contribution in [2.75, 3.05) is 5.75 Å². The van der Waals surface area contributed by atoms with E-state index >= 15 is 0 Å². The van der Waals surface area contributed by atoms with Gasteiger partial charge in [-0.3, -0.25) is 0 Å². The molecular formula is C12H16O3S. The molecule has 3 nitrogen and oxygen atoms in total. The molecule has 0 heterocycles. The highest BCUT2D eigenvalue weighted by Gasteiger charge is 2.13. The van der Waals surface area contributed by atoms with Gasteiger partial charge in [0.15, 0.2) is 0 Å². The number of rotatable bonds is 4. The Morgan fingerprint density at radius 3 is 2.50 bits per heavy atom. The maximum absolute atomic E-state index is 10.8. The molecule has 0 aromatic heterocycles. The molecule has 1 aromatic rings. The first-order chi connectivity index (χ1) is 7.29. The second-order valence-electron chi connectivity index (χ2n) is 4.38. The van der Waals surface area contributed by atoms with Crippen LogP contribution in [0.2, 0.25) is 0 Å².